The number of carbonyl (C=O) groups is 1. The second-order valence-electron chi connectivity index (χ2n) is 4.22. The fourth-order valence-electron chi connectivity index (χ4n) is 2.17. The molecule has 7 heteroatoms. The van der Waals surface area contributed by atoms with Gasteiger partial charge in [0, 0.05) is 12.6 Å². The van der Waals surface area contributed by atoms with Gasteiger partial charge in [-0.1, -0.05) is 19.3 Å². The smallest absolute Gasteiger partial charge is 0.305 e. The molecule has 1 fully saturated rings. The number of hydrogen-bond donors (Lipinski definition) is 3. The highest BCUT2D eigenvalue weighted by molar-refractivity contribution is 7.87. The van der Waals surface area contributed by atoms with Gasteiger partial charge in [-0.05, 0) is 12.8 Å². The molecule has 0 saturated heterocycles. The lowest BCUT2D eigenvalue weighted by atomic mass is 9.80. The molecule has 0 unspecified atom stereocenters. The number of rotatable bonds is 5. The van der Waals surface area contributed by atoms with E-state index >= 15 is 0 Å². The summed E-state index contributed by atoms with van der Waals surface area (Å²) in [5.74, 6) is -0.972. The Morgan fingerprint density at radius 3 is 2.31 bits per heavy atom. The molecule has 0 heterocycles. The van der Waals surface area contributed by atoms with Crippen LogP contribution in [0.5, 0.6) is 0 Å². The van der Waals surface area contributed by atoms with Gasteiger partial charge < -0.3 is 5.11 Å². The van der Waals surface area contributed by atoms with Crippen LogP contribution in [-0.4, -0.2) is 32.1 Å². The molecule has 0 atom stereocenters. The quantitative estimate of drug-likeness (QED) is 0.650. The summed E-state index contributed by atoms with van der Waals surface area (Å²) < 4.78 is 27.5. The minimum Gasteiger partial charge on any atom is -0.481 e. The number of aliphatic carboxylic acids is 1. The maximum atomic E-state index is 11.4. The Morgan fingerprint density at radius 2 is 1.88 bits per heavy atom. The highest BCUT2D eigenvalue weighted by atomic mass is 32.2. The van der Waals surface area contributed by atoms with E-state index in [1.54, 1.807) is 0 Å². The van der Waals surface area contributed by atoms with Crippen LogP contribution in [0.2, 0.25) is 0 Å². The highest BCUT2D eigenvalue weighted by Crippen LogP contribution is 2.31. The summed E-state index contributed by atoms with van der Waals surface area (Å²) in [6.07, 6.45) is 3.76. The van der Waals surface area contributed by atoms with Gasteiger partial charge in [0.2, 0.25) is 0 Å². The highest BCUT2D eigenvalue weighted by Gasteiger charge is 2.37. The molecule has 0 radical (unpaired) electrons. The predicted octanol–water partition coefficient (Wildman–Crippen LogP) is 0.218. The van der Waals surface area contributed by atoms with E-state index in [1.807, 2.05) is 0 Å². The van der Waals surface area contributed by atoms with Crippen molar-refractivity contribution in [3.05, 3.63) is 0 Å². The monoisotopic (exact) mass is 250 g/mol. The third kappa shape index (κ3) is 3.73. The van der Waals surface area contributed by atoms with Gasteiger partial charge in [-0.2, -0.15) is 13.1 Å². The van der Waals surface area contributed by atoms with Gasteiger partial charge >= 0.3 is 5.97 Å². The molecule has 1 aliphatic carbocycles. The summed E-state index contributed by atoms with van der Waals surface area (Å²) in [5.41, 5.74) is -0.814. The molecule has 1 rings (SSSR count). The zero-order valence-electron chi connectivity index (χ0n) is 9.32. The first-order valence-corrected chi connectivity index (χ1v) is 6.82. The second kappa shape index (κ2) is 5.11. The van der Waals surface area contributed by atoms with Crippen molar-refractivity contribution >= 4 is 16.2 Å². The molecule has 0 aliphatic heterocycles. The minimum atomic E-state index is -3.59. The van der Waals surface area contributed by atoms with Crippen molar-refractivity contribution in [3.63, 3.8) is 0 Å². The lowest BCUT2D eigenvalue weighted by Crippen LogP contribution is -2.53. The summed E-state index contributed by atoms with van der Waals surface area (Å²) in [4.78, 5) is 10.8. The molecule has 1 saturated carbocycles. The molecule has 94 valence electrons. The van der Waals surface area contributed by atoms with E-state index in [2.05, 4.69) is 9.44 Å². The first-order valence-electron chi connectivity index (χ1n) is 5.33. The second-order valence-corrected chi connectivity index (χ2v) is 5.84. The standard InChI is InChI=1S/C9H18N2O4S/c1-10-16(14,15)11-9(7-8(12)13)5-3-2-4-6-9/h10-11H,2-7H2,1H3,(H,12,13). The fourth-order valence-corrected chi connectivity index (χ4v) is 3.12. The van der Waals surface area contributed by atoms with E-state index in [1.165, 1.54) is 7.05 Å². The van der Waals surface area contributed by atoms with E-state index in [9.17, 15) is 13.2 Å². The van der Waals surface area contributed by atoms with Crippen LogP contribution in [0.15, 0.2) is 0 Å². The lowest BCUT2D eigenvalue weighted by molar-refractivity contribution is -0.138. The zero-order valence-corrected chi connectivity index (χ0v) is 10.1. The third-order valence-electron chi connectivity index (χ3n) is 2.92. The van der Waals surface area contributed by atoms with E-state index in [4.69, 9.17) is 5.11 Å². The Balaban J connectivity index is 2.82. The van der Waals surface area contributed by atoms with Crippen molar-refractivity contribution in [1.29, 1.82) is 0 Å². The van der Waals surface area contributed by atoms with Crippen molar-refractivity contribution < 1.29 is 18.3 Å². The van der Waals surface area contributed by atoms with Gasteiger partial charge in [-0.25, -0.2) is 4.72 Å². The topological polar surface area (TPSA) is 95.5 Å². The molecule has 1 aliphatic rings. The van der Waals surface area contributed by atoms with Crippen molar-refractivity contribution in [1.82, 2.24) is 9.44 Å². The molecule has 0 aromatic heterocycles. The van der Waals surface area contributed by atoms with Crippen LogP contribution in [0.4, 0.5) is 0 Å². The van der Waals surface area contributed by atoms with Crippen LogP contribution in [0, 0.1) is 0 Å². The van der Waals surface area contributed by atoms with Gasteiger partial charge in [-0.15, -0.1) is 0 Å². The lowest BCUT2D eigenvalue weighted by Gasteiger charge is -2.36. The molecular formula is C9H18N2O4S. The first kappa shape index (κ1) is 13.4. The van der Waals surface area contributed by atoms with E-state index in [0.717, 1.165) is 19.3 Å². The molecule has 0 aromatic carbocycles. The van der Waals surface area contributed by atoms with Gasteiger partial charge in [0.15, 0.2) is 0 Å². The van der Waals surface area contributed by atoms with Crippen molar-refractivity contribution in [2.45, 2.75) is 44.1 Å². The maximum Gasteiger partial charge on any atom is 0.305 e. The first-order chi connectivity index (χ1) is 7.39. The van der Waals surface area contributed by atoms with Crippen LogP contribution in [0.1, 0.15) is 38.5 Å². The summed E-state index contributed by atoms with van der Waals surface area (Å²) in [5, 5.41) is 8.85. The van der Waals surface area contributed by atoms with Gasteiger partial charge in [0.25, 0.3) is 10.2 Å². The average molecular weight is 250 g/mol. The van der Waals surface area contributed by atoms with E-state index in [-0.39, 0.29) is 6.42 Å². The summed E-state index contributed by atoms with van der Waals surface area (Å²) in [7, 11) is -2.28. The third-order valence-corrected chi connectivity index (χ3v) is 4.16. The molecule has 6 nitrogen and oxygen atoms in total. The minimum absolute atomic E-state index is 0.159. The van der Waals surface area contributed by atoms with E-state index < -0.39 is 21.7 Å². The van der Waals surface area contributed by atoms with E-state index in [0.29, 0.717) is 12.8 Å². The summed E-state index contributed by atoms with van der Waals surface area (Å²) in [6.45, 7) is 0. The maximum absolute atomic E-state index is 11.4. The van der Waals surface area contributed by atoms with Crippen LogP contribution in [-0.2, 0) is 15.0 Å². The average Bonchev–Trinajstić information content (AvgIpc) is 2.16. The molecular weight excluding hydrogens is 232 g/mol. The molecule has 0 aromatic rings. The Labute approximate surface area is 95.6 Å². The number of carboxylic acid groups (broad SMARTS) is 1. The van der Waals surface area contributed by atoms with Crippen LogP contribution in [0.25, 0.3) is 0 Å². The predicted molar refractivity (Wildman–Crippen MR) is 59.2 cm³/mol. The van der Waals surface area contributed by atoms with Gasteiger partial charge in [-0.3, -0.25) is 4.79 Å². The van der Waals surface area contributed by atoms with Crippen molar-refractivity contribution in [2.24, 2.45) is 0 Å². The molecule has 16 heavy (non-hydrogen) atoms. The van der Waals surface area contributed by atoms with Gasteiger partial charge in [0.05, 0.1) is 6.42 Å². The SMILES string of the molecule is CNS(=O)(=O)NC1(CC(=O)O)CCCCC1. The number of carboxylic acids is 1. The Morgan fingerprint density at radius 1 is 1.31 bits per heavy atom. The summed E-state index contributed by atoms with van der Waals surface area (Å²) in [6, 6.07) is 0. The molecule has 0 spiro atoms. The zero-order chi connectivity index (χ0) is 12.2. The van der Waals surface area contributed by atoms with Crippen LogP contribution in [0.3, 0.4) is 0 Å². The summed E-state index contributed by atoms with van der Waals surface area (Å²) >= 11 is 0. The Kier molecular flexibility index (Phi) is 4.28. The van der Waals surface area contributed by atoms with Crippen molar-refractivity contribution in [3.8, 4) is 0 Å². The Bertz CT molecular complexity index is 347. The number of nitrogens with one attached hydrogen (secondary N) is 2. The van der Waals surface area contributed by atoms with Crippen molar-refractivity contribution in [2.75, 3.05) is 7.05 Å². The molecule has 0 bridgehead atoms. The Hall–Kier alpha value is -0.660. The largest absolute Gasteiger partial charge is 0.481 e. The molecule has 3 N–H and O–H groups in total. The molecule has 0 amide bonds. The fraction of sp³-hybridized carbons (Fsp3) is 0.889. The van der Waals surface area contributed by atoms with Crippen LogP contribution < -0.4 is 9.44 Å². The number of hydrogen-bond acceptors (Lipinski definition) is 3. The normalized spacial score (nSPS) is 20.6. The van der Waals surface area contributed by atoms with Crippen LogP contribution >= 0.6 is 0 Å². The van der Waals surface area contributed by atoms with Gasteiger partial charge in [0.1, 0.15) is 0 Å².